The number of rotatable bonds is 10. The van der Waals surface area contributed by atoms with E-state index in [0.29, 0.717) is 12.3 Å². The first-order chi connectivity index (χ1) is 14.5. The Bertz CT molecular complexity index is 506. The Hall–Kier alpha value is -2.28. The van der Waals surface area contributed by atoms with Gasteiger partial charge in [0.1, 0.15) is 18.1 Å². The van der Waals surface area contributed by atoms with Crippen molar-refractivity contribution in [1.29, 1.82) is 0 Å². The summed E-state index contributed by atoms with van der Waals surface area (Å²) in [5, 5.41) is 32.6. The molecule has 5 atom stereocenters. The van der Waals surface area contributed by atoms with Crippen molar-refractivity contribution in [2.75, 3.05) is 6.54 Å². The van der Waals surface area contributed by atoms with E-state index in [2.05, 4.69) is 5.73 Å². The van der Waals surface area contributed by atoms with Crippen molar-refractivity contribution in [2.45, 2.75) is 78.9 Å². The molecule has 0 aromatic rings. The minimum atomic E-state index is -0.968. The van der Waals surface area contributed by atoms with E-state index in [1.165, 1.54) is 0 Å². The fraction of sp³-hybridized carbons (Fsp3) is 0.800. The van der Waals surface area contributed by atoms with Crippen molar-refractivity contribution in [2.24, 2.45) is 40.7 Å². The fourth-order valence-electron chi connectivity index (χ4n) is 1.60. The van der Waals surface area contributed by atoms with E-state index in [1.54, 1.807) is 0 Å². The van der Waals surface area contributed by atoms with Crippen LogP contribution in [-0.4, -0.2) is 69.0 Å². The van der Waals surface area contributed by atoms with Gasteiger partial charge in [-0.05, 0) is 24.2 Å². The summed E-state index contributed by atoms with van der Waals surface area (Å²) in [5.74, 6) is -3.21. The third-order valence-electron chi connectivity index (χ3n) is 4.30. The number of carboxylic acids is 4. The summed E-state index contributed by atoms with van der Waals surface area (Å²) in [7, 11) is 0. The molecule has 0 amide bonds. The average Bonchev–Trinajstić information content (AvgIpc) is 2.71. The van der Waals surface area contributed by atoms with Crippen molar-refractivity contribution < 1.29 is 39.6 Å². The third-order valence-corrected chi connectivity index (χ3v) is 4.30. The van der Waals surface area contributed by atoms with Crippen molar-refractivity contribution in [3.8, 4) is 0 Å². The van der Waals surface area contributed by atoms with Gasteiger partial charge >= 0.3 is 23.9 Å². The van der Waals surface area contributed by atoms with Crippen LogP contribution in [0.5, 0.6) is 0 Å². The summed E-state index contributed by atoms with van der Waals surface area (Å²) < 4.78 is 0. The van der Waals surface area contributed by atoms with Gasteiger partial charge in [0.05, 0.1) is 6.54 Å². The summed E-state index contributed by atoms with van der Waals surface area (Å²) in [6, 6.07) is -2.09. The molecule has 12 nitrogen and oxygen atoms in total. The molecule has 0 aliphatic heterocycles. The fourth-order valence-corrected chi connectivity index (χ4v) is 1.60. The van der Waals surface area contributed by atoms with Crippen LogP contribution in [0, 0.1) is 17.8 Å². The van der Waals surface area contributed by atoms with E-state index in [-0.39, 0.29) is 18.4 Å². The van der Waals surface area contributed by atoms with E-state index in [9.17, 15) is 19.2 Å². The van der Waals surface area contributed by atoms with Gasteiger partial charge in [-0.3, -0.25) is 19.2 Å². The lowest BCUT2D eigenvalue weighted by Crippen LogP contribution is -2.36. The highest BCUT2D eigenvalue weighted by Crippen LogP contribution is 2.05. The molecular formula is C20H44N4O8. The Balaban J connectivity index is -0.000000167. The minimum absolute atomic E-state index is 0.0718. The highest BCUT2D eigenvalue weighted by atomic mass is 16.4. The topological polar surface area (TPSA) is 253 Å². The molecule has 32 heavy (non-hydrogen) atoms. The lowest BCUT2D eigenvalue weighted by atomic mass is 10.0. The predicted octanol–water partition coefficient (Wildman–Crippen LogP) is 0.363. The monoisotopic (exact) mass is 468 g/mol. The Morgan fingerprint density at radius 1 is 0.688 bits per heavy atom. The highest BCUT2D eigenvalue weighted by Gasteiger charge is 2.18. The third kappa shape index (κ3) is 25.8. The SMILES string of the molecule is CC(C)C[C@H](N)C(=O)O.CC[C@@H](C)[C@H](N)C(=O)O.CC[C@H](C)[C@H](N)C(=O)O.NCC(=O)O. The van der Waals surface area contributed by atoms with Crippen LogP contribution in [-0.2, 0) is 19.2 Å². The zero-order chi connectivity index (χ0) is 26.6. The molecule has 0 aromatic heterocycles. The Labute approximate surface area is 190 Å². The van der Waals surface area contributed by atoms with Gasteiger partial charge in [0.25, 0.3) is 0 Å². The van der Waals surface area contributed by atoms with Gasteiger partial charge in [0.15, 0.2) is 0 Å². The van der Waals surface area contributed by atoms with Crippen LogP contribution in [0.1, 0.15) is 60.8 Å². The average molecular weight is 469 g/mol. The van der Waals surface area contributed by atoms with Gasteiger partial charge in [0.2, 0.25) is 0 Å². The van der Waals surface area contributed by atoms with Crippen LogP contribution in [0.2, 0.25) is 0 Å². The molecule has 0 fully saturated rings. The van der Waals surface area contributed by atoms with Crippen LogP contribution in [0.3, 0.4) is 0 Å². The van der Waals surface area contributed by atoms with Crippen LogP contribution in [0.4, 0.5) is 0 Å². The largest absolute Gasteiger partial charge is 0.480 e. The Morgan fingerprint density at radius 3 is 1.03 bits per heavy atom. The zero-order valence-electron chi connectivity index (χ0n) is 20.0. The van der Waals surface area contributed by atoms with Gasteiger partial charge in [-0.1, -0.05) is 54.4 Å². The summed E-state index contributed by atoms with van der Waals surface area (Å²) >= 11 is 0. The molecule has 0 spiro atoms. The number of carboxylic acid groups (broad SMARTS) is 4. The maximum atomic E-state index is 10.2. The van der Waals surface area contributed by atoms with E-state index < -0.39 is 42.0 Å². The minimum Gasteiger partial charge on any atom is -0.480 e. The zero-order valence-corrected chi connectivity index (χ0v) is 20.0. The molecule has 0 bridgehead atoms. The second-order valence-corrected chi connectivity index (χ2v) is 7.67. The first-order valence-corrected chi connectivity index (χ1v) is 10.4. The maximum absolute atomic E-state index is 10.2. The van der Waals surface area contributed by atoms with Crippen molar-refractivity contribution in [3.05, 3.63) is 0 Å². The van der Waals surface area contributed by atoms with E-state index in [1.807, 2.05) is 41.5 Å². The van der Waals surface area contributed by atoms with Gasteiger partial charge in [0, 0.05) is 0 Å². The van der Waals surface area contributed by atoms with Crippen molar-refractivity contribution in [3.63, 3.8) is 0 Å². The van der Waals surface area contributed by atoms with E-state index in [4.69, 9.17) is 37.6 Å². The molecule has 0 saturated carbocycles. The van der Waals surface area contributed by atoms with E-state index in [0.717, 1.165) is 12.8 Å². The molecule has 0 saturated heterocycles. The lowest BCUT2D eigenvalue weighted by molar-refractivity contribution is -0.140. The number of nitrogens with two attached hydrogens (primary N) is 4. The summed E-state index contributed by atoms with van der Waals surface area (Å²) in [4.78, 5) is 39.7. The van der Waals surface area contributed by atoms with Gasteiger partial charge in [-0.15, -0.1) is 0 Å². The molecule has 0 unspecified atom stereocenters. The molecule has 0 radical (unpaired) electrons. The number of hydrogen-bond acceptors (Lipinski definition) is 8. The molecular weight excluding hydrogens is 424 g/mol. The first-order valence-electron chi connectivity index (χ1n) is 10.4. The molecule has 0 aliphatic carbocycles. The quantitative estimate of drug-likeness (QED) is 0.216. The molecule has 0 aliphatic rings. The second-order valence-electron chi connectivity index (χ2n) is 7.67. The van der Waals surface area contributed by atoms with Gasteiger partial charge < -0.3 is 43.4 Å². The summed E-state index contributed by atoms with van der Waals surface area (Å²) in [6.45, 7) is 11.1. The summed E-state index contributed by atoms with van der Waals surface area (Å²) in [5.41, 5.74) is 20.3. The van der Waals surface area contributed by atoms with Crippen LogP contribution in [0.15, 0.2) is 0 Å². The molecule has 0 heterocycles. The van der Waals surface area contributed by atoms with Crippen LogP contribution >= 0.6 is 0 Å². The van der Waals surface area contributed by atoms with Crippen molar-refractivity contribution in [1.82, 2.24) is 0 Å². The van der Waals surface area contributed by atoms with Crippen LogP contribution in [0.25, 0.3) is 0 Å². The first kappa shape index (κ1) is 37.1. The Morgan fingerprint density at radius 2 is 0.969 bits per heavy atom. The maximum Gasteiger partial charge on any atom is 0.320 e. The van der Waals surface area contributed by atoms with Crippen molar-refractivity contribution >= 4 is 23.9 Å². The van der Waals surface area contributed by atoms with E-state index >= 15 is 0 Å². The van der Waals surface area contributed by atoms with Gasteiger partial charge in [-0.25, -0.2) is 0 Å². The Kier molecular flexibility index (Phi) is 25.4. The summed E-state index contributed by atoms with van der Waals surface area (Å²) in [6.07, 6.45) is 2.18. The molecule has 0 rings (SSSR count). The molecule has 12 heteroatoms. The number of hydrogen-bond donors (Lipinski definition) is 8. The molecule has 192 valence electrons. The lowest BCUT2D eigenvalue weighted by Gasteiger charge is -2.11. The van der Waals surface area contributed by atoms with Crippen LogP contribution < -0.4 is 22.9 Å². The van der Waals surface area contributed by atoms with Gasteiger partial charge in [-0.2, -0.15) is 0 Å². The molecule has 0 aromatic carbocycles. The smallest absolute Gasteiger partial charge is 0.320 e. The molecule has 12 N–H and O–H groups in total. The number of aliphatic carboxylic acids is 4. The second kappa shape index (κ2) is 21.9. The standard InChI is InChI=1S/3C6H13NO2.C2H5NO2/c1-4(2)3-5(7)6(8)9;2*1-3-4(2)5(7)6(8)9;3-1-2(4)5/h3*4-5H,3,7H2,1-2H3,(H,8,9);1,3H2,(H,4,5)/t5-;4-,5+;4-,5-;/m010./s1. The highest BCUT2D eigenvalue weighted by molar-refractivity contribution is 5.74. The predicted molar refractivity (Wildman–Crippen MR) is 122 cm³/mol. The normalized spacial score (nSPS) is 14.5. The number of carbonyl (C=O) groups is 4.